The maximum absolute atomic E-state index is 4.09. The zero-order valence-corrected chi connectivity index (χ0v) is 31.9. The van der Waals surface area contributed by atoms with Crippen molar-refractivity contribution in [3.05, 3.63) is 228 Å². The van der Waals surface area contributed by atoms with Crippen LogP contribution in [0.4, 0.5) is 0 Å². The Balaban J connectivity index is 1.10. The van der Waals surface area contributed by atoms with Crippen LogP contribution in [0.1, 0.15) is 52.0 Å². The van der Waals surface area contributed by atoms with Crippen molar-refractivity contribution >= 4 is 53.3 Å². The maximum Gasteiger partial charge on any atom is 0.142 e. The molecule has 3 heterocycles. The van der Waals surface area contributed by atoms with Crippen molar-refractivity contribution in [2.75, 3.05) is 0 Å². The molecule has 0 bridgehead atoms. The molecule has 0 radical (unpaired) electrons. The van der Waals surface area contributed by atoms with Gasteiger partial charge < -0.3 is 4.57 Å². The summed E-state index contributed by atoms with van der Waals surface area (Å²) >= 11 is 1.88. The lowest BCUT2D eigenvalue weighted by Crippen LogP contribution is -2.56. The predicted molar refractivity (Wildman–Crippen MR) is 236 cm³/mol. The van der Waals surface area contributed by atoms with Crippen molar-refractivity contribution in [3.8, 4) is 11.1 Å². The number of aromatic nitrogens is 1. The number of fused-ring (bicyclic) bond motifs is 9. The minimum absolute atomic E-state index is 0.109. The van der Waals surface area contributed by atoms with Crippen LogP contribution in [0.2, 0.25) is 0 Å². The first-order chi connectivity index (χ1) is 28.3. The number of thiophene rings is 1. The van der Waals surface area contributed by atoms with Crippen LogP contribution in [0, 0.1) is 0 Å². The van der Waals surface area contributed by atoms with E-state index in [4.69, 9.17) is 0 Å². The van der Waals surface area contributed by atoms with Gasteiger partial charge in [0, 0.05) is 36.5 Å². The van der Waals surface area contributed by atoms with E-state index in [1.54, 1.807) is 0 Å². The summed E-state index contributed by atoms with van der Waals surface area (Å²) in [4.78, 5) is 0. The molecular weight excluding hydrogens is 713 g/mol. The van der Waals surface area contributed by atoms with Crippen LogP contribution < -0.4 is 16.0 Å². The van der Waals surface area contributed by atoms with E-state index in [0.29, 0.717) is 0 Å². The number of benzene rings is 8. The molecule has 3 N–H and O–H groups in total. The summed E-state index contributed by atoms with van der Waals surface area (Å²) in [7, 11) is 0. The highest BCUT2D eigenvalue weighted by Crippen LogP contribution is 2.57. The van der Waals surface area contributed by atoms with E-state index in [0.717, 1.165) is 0 Å². The number of hydrogen-bond acceptors (Lipinski definition) is 4. The SMILES string of the molecule is c1ccc(C2NC(c3cccc4c3sc3ccccc34)NC(n3c4ccccc4c4cc5c(cc43)-c3ccccc3C5(c3ccccc3)c3ccccc3)N2)cc1. The topological polar surface area (TPSA) is 41.0 Å². The number of nitrogens with zero attached hydrogens (tertiary/aromatic N) is 1. The van der Waals surface area contributed by atoms with Crippen LogP contribution in [0.3, 0.4) is 0 Å². The second-order valence-corrected chi connectivity index (χ2v) is 16.4. The Hall–Kier alpha value is -6.34. The van der Waals surface area contributed by atoms with Crippen LogP contribution in [0.15, 0.2) is 194 Å². The van der Waals surface area contributed by atoms with E-state index in [9.17, 15) is 0 Å². The van der Waals surface area contributed by atoms with Gasteiger partial charge in [-0.05, 0) is 63.2 Å². The molecule has 8 aromatic carbocycles. The van der Waals surface area contributed by atoms with Crippen molar-refractivity contribution in [1.29, 1.82) is 0 Å². The lowest BCUT2D eigenvalue weighted by Gasteiger charge is -2.40. The van der Waals surface area contributed by atoms with Crippen LogP contribution in [-0.2, 0) is 5.41 Å². The monoisotopic (exact) mass is 750 g/mol. The van der Waals surface area contributed by atoms with Gasteiger partial charge in [-0.1, -0.05) is 170 Å². The van der Waals surface area contributed by atoms with Crippen LogP contribution in [0.5, 0.6) is 0 Å². The van der Waals surface area contributed by atoms with Crippen molar-refractivity contribution in [2.24, 2.45) is 0 Å². The molecule has 0 spiro atoms. The van der Waals surface area contributed by atoms with Crippen LogP contribution >= 0.6 is 11.3 Å². The molecular formula is C52H38N4S. The van der Waals surface area contributed by atoms with Gasteiger partial charge in [0.05, 0.1) is 28.8 Å². The molecule has 1 aliphatic carbocycles. The first-order valence-corrected chi connectivity index (χ1v) is 20.6. The van der Waals surface area contributed by atoms with E-state index in [2.05, 4.69) is 215 Å². The molecule has 4 nitrogen and oxygen atoms in total. The molecule has 3 atom stereocenters. The van der Waals surface area contributed by atoms with Gasteiger partial charge in [0.15, 0.2) is 0 Å². The van der Waals surface area contributed by atoms with E-state index in [1.165, 1.54) is 86.5 Å². The van der Waals surface area contributed by atoms with E-state index in [1.807, 2.05) is 11.3 Å². The number of para-hydroxylation sites is 1. The fourth-order valence-corrected chi connectivity index (χ4v) is 11.2. The van der Waals surface area contributed by atoms with Gasteiger partial charge in [-0.15, -0.1) is 11.3 Å². The molecule has 10 aromatic rings. The Labute approximate surface area is 335 Å². The Kier molecular flexibility index (Phi) is 7.41. The second kappa shape index (κ2) is 12.8. The van der Waals surface area contributed by atoms with Crippen molar-refractivity contribution in [3.63, 3.8) is 0 Å². The average molecular weight is 751 g/mol. The van der Waals surface area contributed by atoms with E-state index < -0.39 is 5.41 Å². The van der Waals surface area contributed by atoms with Gasteiger partial charge >= 0.3 is 0 Å². The van der Waals surface area contributed by atoms with E-state index in [-0.39, 0.29) is 18.6 Å². The summed E-state index contributed by atoms with van der Waals surface area (Å²) < 4.78 is 5.13. The lowest BCUT2D eigenvalue weighted by atomic mass is 9.67. The third-order valence-corrected chi connectivity index (χ3v) is 13.6. The highest BCUT2D eigenvalue weighted by atomic mass is 32.1. The Morgan fingerprint density at radius 2 is 1.07 bits per heavy atom. The van der Waals surface area contributed by atoms with Gasteiger partial charge in [-0.25, -0.2) is 0 Å². The van der Waals surface area contributed by atoms with Gasteiger partial charge in [0.2, 0.25) is 0 Å². The average Bonchev–Trinajstić information content (AvgIpc) is 3.92. The number of nitrogens with one attached hydrogen (secondary N) is 3. The zero-order valence-electron chi connectivity index (χ0n) is 31.1. The Bertz CT molecular complexity index is 3090. The van der Waals surface area contributed by atoms with Crippen molar-refractivity contribution in [2.45, 2.75) is 24.0 Å². The molecule has 12 rings (SSSR count). The standard InChI is InChI=1S/C52H38N4S/c1-4-17-33(18-5-1)49-53-50(40-27-16-26-39-38-25-12-15-30-47(38)57-48(39)40)55-51(54-49)56-45-29-14-11-24-37(45)42-31-44-41(32-46(42)56)36-23-10-13-28-43(36)52(44,34-19-6-2-7-20-34)35-21-8-3-9-22-35/h1-32,49-51,53-55H. The molecule has 1 saturated heterocycles. The summed E-state index contributed by atoms with van der Waals surface area (Å²) in [5.41, 5.74) is 12.1. The van der Waals surface area contributed by atoms with Gasteiger partial charge in [0.25, 0.3) is 0 Å². The minimum atomic E-state index is -0.469. The lowest BCUT2D eigenvalue weighted by molar-refractivity contribution is 0.162. The second-order valence-electron chi connectivity index (χ2n) is 15.3. The fraction of sp³-hybridized carbons (Fsp3) is 0.0769. The normalized spacial score (nSPS) is 18.6. The fourth-order valence-electron chi connectivity index (χ4n) is 10.0. The Morgan fingerprint density at radius 3 is 1.86 bits per heavy atom. The summed E-state index contributed by atoms with van der Waals surface area (Å²) in [5.74, 6) is 0. The minimum Gasteiger partial charge on any atom is -0.311 e. The van der Waals surface area contributed by atoms with E-state index >= 15 is 0 Å². The van der Waals surface area contributed by atoms with Crippen molar-refractivity contribution < 1.29 is 0 Å². The van der Waals surface area contributed by atoms with Crippen LogP contribution in [-0.4, -0.2) is 4.57 Å². The first-order valence-electron chi connectivity index (χ1n) is 19.8. The molecule has 5 heteroatoms. The molecule has 2 aliphatic rings. The molecule has 3 unspecified atom stereocenters. The molecule has 272 valence electrons. The summed E-state index contributed by atoms with van der Waals surface area (Å²) in [6.45, 7) is 0. The molecule has 1 aliphatic heterocycles. The highest BCUT2D eigenvalue weighted by molar-refractivity contribution is 7.26. The number of hydrogen-bond donors (Lipinski definition) is 3. The predicted octanol–water partition coefficient (Wildman–Crippen LogP) is 12.2. The maximum atomic E-state index is 4.09. The molecule has 0 amide bonds. The van der Waals surface area contributed by atoms with Crippen molar-refractivity contribution in [1.82, 2.24) is 20.5 Å². The van der Waals surface area contributed by atoms with Crippen LogP contribution in [0.25, 0.3) is 53.1 Å². The third kappa shape index (κ3) is 4.84. The largest absolute Gasteiger partial charge is 0.311 e. The molecule has 1 fully saturated rings. The van der Waals surface area contributed by atoms with Gasteiger partial charge in [-0.3, -0.25) is 16.0 Å². The molecule has 57 heavy (non-hydrogen) atoms. The number of rotatable bonds is 5. The quantitative estimate of drug-likeness (QED) is 0.164. The molecule has 2 aromatic heterocycles. The van der Waals surface area contributed by atoms with Gasteiger partial charge in [0.1, 0.15) is 6.29 Å². The molecule has 0 saturated carbocycles. The Morgan fingerprint density at radius 1 is 0.439 bits per heavy atom. The highest BCUT2D eigenvalue weighted by Gasteiger charge is 2.46. The third-order valence-electron chi connectivity index (χ3n) is 12.4. The summed E-state index contributed by atoms with van der Waals surface area (Å²) in [6, 6.07) is 71.4. The van der Waals surface area contributed by atoms with Gasteiger partial charge in [-0.2, -0.15) is 0 Å². The summed E-state index contributed by atoms with van der Waals surface area (Å²) in [5, 5.41) is 17.2. The zero-order chi connectivity index (χ0) is 37.5. The summed E-state index contributed by atoms with van der Waals surface area (Å²) in [6.07, 6.45) is -0.480. The first kappa shape index (κ1) is 32.9. The smallest absolute Gasteiger partial charge is 0.142 e.